The number of nitro groups is 1. The smallest absolute Gasteiger partial charge is 0.288 e. The lowest BCUT2D eigenvalue weighted by Gasteiger charge is -2.12. The molecule has 2 aromatic rings. The van der Waals surface area contributed by atoms with Crippen molar-refractivity contribution in [1.29, 1.82) is 0 Å². The number of carbonyl (C=O) groups excluding carboxylic acids is 1. The summed E-state index contributed by atoms with van der Waals surface area (Å²) in [5.41, 5.74) is -0.646. The maximum atomic E-state index is 12.0. The Bertz CT molecular complexity index is 983. The molecule has 1 aromatic heterocycles. The zero-order valence-electron chi connectivity index (χ0n) is 13.3. The highest BCUT2D eigenvalue weighted by molar-refractivity contribution is 7.07. The maximum Gasteiger partial charge on any atom is 0.288 e. The van der Waals surface area contributed by atoms with Gasteiger partial charge in [0, 0.05) is 17.6 Å². The molecule has 0 unspecified atom stereocenters. The van der Waals surface area contributed by atoms with E-state index >= 15 is 0 Å². The van der Waals surface area contributed by atoms with Gasteiger partial charge >= 0.3 is 0 Å². The lowest BCUT2D eigenvalue weighted by Crippen LogP contribution is -2.22. The minimum atomic E-state index is -0.584. The second-order valence-corrected chi connectivity index (χ2v) is 7.65. The molecular weight excluding hydrogens is 352 g/mol. The minimum Gasteiger partial charge on any atom is -0.313 e. The van der Waals surface area contributed by atoms with Gasteiger partial charge in [-0.1, -0.05) is 38.4 Å². The quantitative estimate of drug-likeness (QED) is 0.665. The molecule has 0 atom stereocenters. The number of ketones is 1. The van der Waals surface area contributed by atoms with Crippen LogP contribution in [0.2, 0.25) is 5.02 Å². The number of aromatic amines is 1. The average Bonchev–Trinajstić information content (AvgIpc) is 2.79. The largest absolute Gasteiger partial charge is 0.313 e. The molecule has 8 heteroatoms. The first-order chi connectivity index (χ1) is 11.1. The van der Waals surface area contributed by atoms with E-state index in [2.05, 4.69) is 4.98 Å². The Labute approximate surface area is 146 Å². The number of aromatic nitrogens is 1. The maximum absolute atomic E-state index is 12.0. The van der Waals surface area contributed by atoms with E-state index in [1.807, 2.05) is 0 Å². The van der Waals surface area contributed by atoms with Crippen LogP contribution in [0.1, 0.15) is 26.3 Å². The fourth-order valence-electron chi connectivity index (χ4n) is 1.77. The highest BCUT2D eigenvalue weighted by Crippen LogP contribution is 2.25. The van der Waals surface area contributed by atoms with Gasteiger partial charge in [-0.05, 0) is 17.7 Å². The molecular formula is C16H15ClN2O4S. The molecule has 0 aliphatic heterocycles. The molecule has 0 amide bonds. The predicted molar refractivity (Wildman–Crippen MR) is 94.8 cm³/mol. The molecule has 1 N–H and O–H groups in total. The third kappa shape index (κ3) is 4.18. The molecule has 1 aromatic carbocycles. The van der Waals surface area contributed by atoms with Crippen LogP contribution in [0.3, 0.4) is 0 Å². The average molecular weight is 367 g/mol. The van der Waals surface area contributed by atoms with Crippen LogP contribution >= 0.6 is 22.9 Å². The monoisotopic (exact) mass is 366 g/mol. The Morgan fingerprint density at radius 1 is 1.38 bits per heavy atom. The van der Waals surface area contributed by atoms with Crippen LogP contribution in [0, 0.1) is 15.5 Å². The van der Waals surface area contributed by atoms with E-state index in [-0.39, 0.29) is 22.1 Å². The van der Waals surface area contributed by atoms with Crippen LogP contribution in [0.25, 0.3) is 12.2 Å². The number of rotatable bonds is 3. The third-order valence-corrected chi connectivity index (χ3v) is 4.43. The molecule has 1 heterocycles. The normalized spacial score (nSPS) is 13.3. The van der Waals surface area contributed by atoms with E-state index in [1.54, 1.807) is 26.8 Å². The molecule has 0 saturated heterocycles. The number of carbonyl (C=O) groups is 1. The topological polar surface area (TPSA) is 93.1 Å². The van der Waals surface area contributed by atoms with Gasteiger partial charge < -0.3 is 4.98 Å². The number of nitrogens with one attached hydrogen (secondary N) is 1. The second-order valence-electron chi connectivity index (χ2n) is 6.16. The van der Waals surface area contributed by atoms with Crippen molar-refractivity contribution in [2.75, 3.05) is 0 Å². The second kappa shape index (κ2) is 6.70. The third-order valence-electron chi connectivity index (χ3n) is 3.15. The van der Waals surface area contributed by atoms with E-state index in [0.717, 1.165) is 11.3 Å². The van der Waals surface area contributed by atoms with Crippen molar-refractivity contribution in [1.82, 2.24) is 4.98 Å². The van der Waals surface area contributed by atoms with Crippen molar-refractivity contribution in [3.8, 4) is 0 Å². The number of hydrogen-bond acceptors (Lipinski definition) is 5. The summed E-state index contributed by atoms with van der Waals surface area (Å²) < 4.78 is 0.786. The van der Waals surface area contributed by atoms with Crippen molar-refractivity contribution in [3.63, 3.8) is 0 Å². The number of H-pyrrole nitrogens is 1. The van der Waals surface area contributed by atoms with Gasteiger partial charge in [-0.25, -0.2) is 0 Å². The van der Waals surface area contributed by atoms with Crippen molar-refractivity contribution >= 4 is 46.6 Å². The summed E-state index contributed by atoms with van der Waals surface area (Å²) in [7, 11) is 0. The first-order valence-corrected chi connectivity index (χ1v) is 8.18. The Balaban J connectivity index is 2.52. The molecule has 0 aliphatic rings. The number of thiazole rings is 1. The summed E-state index contributed by atoms with van der Waals surface area (Å²) >= 11 is 6.88. The van der Waals surface area contributed by atoms with E-state index < -0.39 is 10.3 Å². The van der Waals surface area contributed by atoms with Gasteiger partial charge in [0.15, 0.2) is 5.78 Å². The van der Waals surface area contributed by atoms with Gasteiger partial charge in [0.05, 0.1) is 14.1 Å². The summed E-state index contributed by atoms with van der Waals surface area (Å²) in [5.74, 6) is -0.103. The fraction of sp³-hybridized carbons (Fsp3) is 0.250. The number of nitrogens with zero attached hydrogens (tertiary/aromatic N) is 1. The molecule has 0 bridgehead atoms. The first-order valence-electron chi connectivity index (χ1n) is 6.99. The summed E-state index contributed by atoms with van der Waals surface area (Å²) in [6.45, 7) is 5.37. The first kappa shape index (κ1) is 18.1. The van der Waals surface area contributed by atoms with Crippen LogP contribution in [0.4, 0.5) is 5.69 Å². The molecule has 0 aliphatic carbocycles. The van der Waals surface area contributed by atoms with Gasteiger partial charge in [-0.3, -0.25) is 19.7 Å². The van der Waals surface area contributed by atoms with Crippen LogP contribution < -0.4 is 14.8 Å². The van der Waals surface area contributed by atoms with Crippen molar-refractivity contribution in [3.05, 3.63) is 58.4 Å². The highest BCUT2D eigenvalue weighted by Gasteiger charge is 2.18. The summed E-state index contributed by atoms with van der Waals surface area (Å²) in [6.07, 6.45) is 2.92. The van der Waals surface area contributed by atoms with Crippen LogP contribution in [-0.4, -0.2) is 15.7 Å². The van der Waals surface area contributed by atoms with E-state index in [1.165, 1.54) is 24.3 Å². The van der Waals surface area contributed by atoms with Gasteiger partial charge in [0.1, 0.15) is 5.02 Å². The number of Topliss-reactive ketones (excluding diaryl/α,β-unsaturated/α-hetero) is 1. The highest BCUT2D eigenvalue weighted by atomic mass is 35.5. The van der Waals surface area contributed by atoms with Crippen molar-refractivity contribution < 1.29 is 9.72 Å². The fourth-order valence-corrected chi connectivity index (χ4v) is 2.84. The molecule has 24 heavy (non-hydrogen) atoms. The Kier molecular flexibility index (Phi) is 5.05. The minimum absolute atomic E-state index is 0.0297. The molecule has 0 fully saturated rings. The number of hydrogen-bond donors (Lipinski definition) is 1. The Hall–Kier alpha value is -2.25. The van der Waals surface area contributed by atoms with Crippen molar-refractivity contribution in [2.45, 2.75) is 20.8 Å². The van der Waals surface area contributed by atoms with Gasteiger partial charge in [-0.2, -0.15) is 0 Å². The van der Waals surface area contributed by atoms with Gasteiger partial charge in [0.2, 0.25) is 0 Å². The lowest BCUT2D eigenvalue weighted by atomic mass is 9.91. The lowest BCUT2D eigenvalue weighted by molar-refractivity contribution is -0.384. The Morgan fingerprint density at radius 2 is 2.04 bits per heavy atom. The molecule has 0 saturated carbocycles. The van der Waals surface area contributed by atoms with E-state index in [0.29, 0.717) is 14.8 Å². The summed E-state index contributed by atoms with van der Waals surface area (Å²) in [4.78, 5) is 36.9. The predicted octanol–water partition coefficient (Wildman–Crippen LogP) is 2.22. The van der Waals surface area contributed by atoms with Crippen LogP contribution in [-0.2, 0) is 4.79 Å². The van der Waals surface area contributed by atoms with Gasteiger partial charge in [0.25, 0.3) is 11.2 Å². The van der Waals surface area contributed by atoms with E-state index in [4.69, 9.17) is 11.6 Å². The van der Waals surface area contributed by atoms with Gasteiger partial charge in [-0.15, -0.1) is 11.3 Å². The number of nitro benzene ring substituents is 1. The summed E-state index contributed by atoms with van der Waals surface area (Å²) in [6, 6.07) is 4.28. The van der Waals surface area contributed by atoms with E-state index in [9.17, 15) is 19.7 Å². The zero-order valence-corrected chi connectivity index (χ0v) is 14.8. The molecule has 2 rings (SSSR count). The standard InChI is InChI=1S/C16H15ClN2O4S/c1-16(2,3)13(20)8-14-18-15(21)12(24-14)7-9-4-5-10(17)11(6-9)19(22)23/h4-8H,1-3H3,(H,18,21)/b12-7+,14-8+. The molecule has 0 spiro atoms. The Morgan fingerprint density at radius 3 is 2.62 bits per heavy atom. The summed E-state index contributed by atoms with van der Waals surface area (Å²) in [5, 5.41) is 10.9. The van der Waals surface area contributed by atoms with Crippen molar-refractivity contribution in [2.24, 2.45) is 5.41 Å². The SMILES string of the molecule is CC(C)(C)C(=O)/C=c1\[nH]c(=O)/c(=C\c2ccc(Cl)c([N+](=O)[O-])c2)s1. The van der Waals surface area contributed by atoms with Crippen LogP contribution in [0.15, 0.2) is 23.0 Å². The number of halogens is 1. The molecule has 0 radical (unpaired) electrons. The van der Waals surface area contributed by atoms with Crippen LogP contribution in [0.5, 0.6) is 0 Å². The zero-order chi connectivity index (χ0) is 18.1. The number of benzene rings is 1. The molecule has 6 nitrogen and oxygen atoms in total. The molecule has 126 valence electrons.